The summed E-state index contributed by atoms with van der Waals surface area (Å²) in [6.45, 7) is 5.51. The molecule has 0 spiro atoms. The number of carbonyl (C=O) groups is 1. The van der Waals surface area contributed by atoms with Crippen LogP contribution in [-0.2, 0) is 4.74 Å². The predicted molar refractivity (Wildman–Crippen MR) is 101 cm³/mol. The third-order valence-corrected chi connectivity index (χ3v) is 4.78. The van der Waals surface area contributed by atoms with Crippen molar-refractivity contribution >= 4 is 22.6 Å². The number of aromatic nitrogens is 1. The number of benzene rings is 1. The van der Waals surface area contributed by atoms with Crippen LogP contribution in [0.4, 0.5) is 5.69 Å². The Morgan fingerprint density at radius 1 is 1.28 bits per heavy atom. The van der Waals surface area contributed by atoms with E-state index in [1.165, 1.54) is 25.1 Å². The van der Waals surface area contributed by atoms with E-state index in [1.54, 1.807) is 6.20 Å². The van der Waals surface area contributed by atoms with E-state index >= 15 is 0 Å². The van der Waals surface area contributed by atoms with Gasteiger partial charge in [-0.25, -0.2) is 4.79 Å². The summed E-state index contributed by atoms with van der Waals surface area (Å²) in [4.78, 5) is 21.0. The van der Waals surface area contributed by atoms with Gasteiger partial charge in [0.05, 0.1) is 17.7 Å². The van der Waals surface area contributed by atoms with Crippen molar-refractivity contribution in [1.82, 2.24) is 9.88 Å². The lowest BCUT2D eigenvalue weighted by molar-refractivity contribution is 0.0526. The average molecular weight is 341 g/mol. The van der Waals surface area contributed by atoms with Crippen LogP contribution in [0.2, 0.25) is 0 Å². The maximum Gasteiger partial charge on any atom is 0.339 e. The van der Waals surface area contributed by atoms with Crippen molar-refractivity contribution in [3.63, 3.8) is 0 Å². The van der Waals surface area contributed by atoms with Crippen LogP contribution in [0.25, 0.3) is 10.9 Å². The topological polar surface area (TPSA) is 45.7 Å². The molecule has 1 saturated heterocycles. The fourth-order valence-electron chi connectivity index (χ4n) is 3.53. The van der Waals surface area contributed by atoms with Gasteiger partial charge in [0.1, 0.15) is 0 Å². The molecule has 1 fully saturated rings. The number of rotatable bonds is 5. The lowest BCUT2D eigenvalue weighted by atomic mass is 9.96. The second kappa shape index (κ2) is 7.83. The van der Waals surface area contributed by atoms with Gasteiger partial charge in [-0.2, -0.15) is 0 Å². The van der Waals surface area contributed by atoms with Crippen molar-refractivity contribution < 1.29 is 9.53 Å². The molecule has 0 amide bonds. The molecule has 0 unspecified atom stereocenters. The van der Waals surface area contributed by atoms with E-state index in [9.17, 15) is 4.79 Å². The highest BCUT2D eigenvalue weighted by Crippen LogP contribution is 2.26. The molecular formula is C20H27N3O2. The van der Waals surface area contributed by atoms with Gasteiger partial charge in [-0.1, -0.05) is 0 Å². The van der Waals surface area contributed by atoms with Crippen LogP contribution in [0.3, 0.4) is 0 Å². The van der Waals surface area contributed by atoms with Crippen LogP contribution in [0.5, 0.6) is 0 Å². The van der Waals surface area contributed by atoms with Gasteiger partial charge in [0.2, 0.25) is 0 Å². The van der Waals surface area contributed by atoms with Gasteiger partial charge in [-0.3, -0.25) is 4.98 Å². The largest absolute Gasteiger partial charge is 0.462 e. The summed E-state index contributed by atoms with van der Waals surface area (Å²) in [5, 5.41) is 0.985. The molecule has 0 saturated carbocycles. The van der Waals surface area contributed by atoms with Crippen LogP contribution in [0.1, 0.15) is 30.1 Å². The highest BCUT2D eigenvalue weighted by atomic mass is 16.5. The van der Waals surface area contributed by atoms with Gasteiger partial charge < -0.3 is 14.5 Å². The van der Waals surface area contributed by atoms with Crippen LogP contribution < -0.4 is 4.90 Å². The van der Waals surface area contributed by atoms with E-state index in [0.29, 0.717) is 12.2 Å². The van der Waals surface area contributed by atoms with Crippen molar-refractivity contribution in [3.05, 3.63) is 36.0 Å². The van der Waals surface area contributed by atoms with Crippen molar-refractivity contribution in [1.29, 1.82) is 0 Å². The molecule has 0 atom stereocenters. The Balaban J connectivity index is 1.75. The van der Waals surface area contributed by atoms with Gasteiger partial charge in [0.15, 0.2) is 0 Å². The summed E-state index contributed by atoms with van der Waals surface area (Å²) in [6.07, 6.45) is 4.03. The second-order valence-corrected chi connectivity index (χ2v) is 7.01. The number of anilines is 1. The molecular weight excluding hydrogens is 314 g/mol. The zero-order valence-electron chi connectivity index (χ0n) is 15.4. The first-order valence-electron chi connectivity index (χ1n) is 9.03. The zero-order valence-corrected chi connectivity index (χ0v) is 15.4. The number of ether oxygens (including phenoxy) is 1. The molecule has 134 valence electrons. The lowest BCUT2D eigenvalue weighted by Crippen LogP contribution is -2.37. The molecule has 0 aliphatic carbocycles. The molecule has 3 rings (SSSR count). The number of fused-ring (bicyclic) bond motifs is 1. The molecule has 1 aromatic carbocycles. The third-order valence-electron chi connectivity index (χ3n) is 4.78. The molecule has 25 heavy (non-hydrogen) atoms. The first-order chi connectivity index (χ1) is 12.1. The first kappa shape index (κ1) is 17.7. The van der Waals surface area contributed by atoms with Gasteiger partial charge in [-0.15, -0.1) is 0 Å². The molecule has 2 aromatic rings. The van der Waals surface area contributed by atoms with E-state index in [1.807, 2.05) is 19.1 Å². The fraction of sp³-hybridized carbons (Fsp3) is 0.500. The number of pyridine rings is 1. The van der Waals surface area contributed by atoms with Crippen molar-refractivity contribution in [2.45, 2.75) is 19.8 Å². The summed E-state index contributed by atoms with van der Waals surface area (Å²) in [5.41, 5.74) is 2.62. The molecule has 2 heterocycles. The van der Waals surface area contributed by atoms with E-state index in [0.717, 1.165) is 29.9 Å². The number of carbonyl (C=O) groups excluding carboxylic acids is 1. The number of hydrogen-bond acceptors (Lipinski definition) is 5. The SMILES string of the molecule is CCOC(=O)c1cnc2ccc(N3CCC(CN(C)C)CC3)cc2c1. The monoisotopic (exact) mass is 341 g/mol. The minimum atomic E-state index is -0.313. The maximum atomic E-state index is 11.9. The van der Waals surface area contributed by atoms with Crippen LogP contribution in [0, 0.1) is 5.92 Å². The number of esters is 1. The zero-order chi connectivity index (χ0) is 17.8. The second-order valence-electron chi connectivity index (χ2n) is 7.01. The fourth-order valence-corrected chi connectivity index (χ4v) is 3.53. The molecule has 0 radical (unpaired) electrons. The minimum absolute atomic E-state index is 0.313. The van der Waals surface area contributed by atoms with Gasteiger partial charge in [0, 0.05) is 36.9 Å². The summed E-state index contributed by atoms with van der Waals surface area (Å²) in [6, 6.07) is 8.18. The van der Waals surface area contributed by atoms with Gasteiger partial charge in [-0.05, 0) is 64.0 Å². The molecule has 1 aliphatic rings. The highest BCUT2D eigenvalue weighted by molar-refractivity contribution is 5.94. The average Bonchev–Trinajstić information content (AvgIpc) is 2.61. The van der Waals surface area contributed by atoms with Crippen LogP contribution in [-0.4, -0.2) is 56.2 Å². The molecule has 5 heteroatoms. The smallest absolute Gasteiger partial charge is 0.339 e. The number of nitrogens with zero attached hydrogens (tertiary/aromatic N) is 3. The highest BCUT2D eigenvalue weighted by Gasteiger charge is 2.20. The van der Waals surface area contributed by atoms with E-state index in [4.69, 9.17) is 4.74 Å². The Bertz CT molecular complexity index is 737. The van der Waals surface area contributed by atoms with E-state index in [-0.39, 0.29) is 5.97 Å². The molecule has 0 bridgehead atoms. The number of hydrogen-bond donors (Lipinski definition) is 0. The molecule has 0 N–H and O–H groups in total. The summed E-state index contributed by atoms with van der Waals surface area (Å²) in [7, 11) is 4.29. The lowest BCUT2D eigenvalue weighted by Gasteiger charge is -2.34. The third kappa shape index (κ3) is 4.28. The summed E-state index contributed by atoms with van der Waals surface area (Å²) >= 11 is 0. The van der Waals surface area contributed by atoms with Crippen molar-refractivity contribution in [2.24, 2.45) is 5.92 Å². The molecule has 1 aliphatic heterocycles. The Kier molecular flexibility index (Phi) is 5.53. The van der Waals surface area contributed by atoms with Crippen LogP contribution >= 0.6 is 0 Å². The van der Waals surface area contributed by atoms with Crippen molar-refractivity contribution in [3.8, 4) is 0 Å². The Morgan fingerprint density at radius 3 is 2.72 bits per heavy atom. The molecule has 5 nitrogen and oxygen atoms in total. The predicted octanol–water partition coefficient (Wildman–Crippen LogP) is 3.19. The normalized spacial score (nSPS) is 15.8. The first-order valence-corrected chi connectivity index (χ1v) is 9.03. The Morgan fingerprint density at radius 2 is 2.04 bits per heavy atom. The minimum Gasteiger partial charge on any atom is -0.462 e. The van der Waals surface area contributed by atoms with Gasteiger partial charge in [0.25, 0.3) is 0 Å². The summed E-state index contributed by atoms with van der Waals surface area (Å²) < 4.78 is 5.07. The van der Waals surface area contributed by atoms with E-state index in [2.05, 4.69) is 41.0 Å². The van der Waals surface area contributed by atoms with Gasteiger partial charge >= 0.3 is 5.97 Å². The van der Waals surface area contributed by atoms with Crippen LogP contribution in [0.15, 0.2) is 30.5 Å². The quantitative estimate of drug-likeness (QED) is 0.782. The maximum absolute atomic E-state index is 11.9. The standard InChI is InChI=1S/C20H27N3O2/c1-4-25-20(24)17-11-16-12-18(5-6-19(16)21-13-17)23-9-7-15(8-10-23)14-22(2)3/h5-6,11-13,15H,4,7-10,14H2,1-3H3. The van der Waals surface area contributed by atoms with E-state index < -0.39 is 0 Å². The molecule has 1 aromatic heterocycles. The number of piperidine rings is 1. The van der Waals surface area contributed by atoms with Crippen molar-refractivity contribution in [2.75, 3.05) is 45.2 Å². The Hall–Kier alpha value is -2.14. The summed E-state index contributed by atoms with van der Waals surface area (Å²) in [5.74, 6) is 0.468. The Labute approximate surface area is 149 Å².